The smallest absolute Gasteiger partial charge is 0.313 e. The molecule has 4 aliphatic heterocycles. The molecular formula is C42H54N4O8. The van der Waals surface area contributed by atoms with Crippen molar-refractivity contribution in [2.75, 3.05) is 59.6 Å². The highest BCUT2D eigenvalue weighted by Crippen LogP contribution is 2.60. The van der Waals surface area contributed by atoms with Crippen LogP contribution in [0.4, 0.5) is 0 Å². The second-order valence-corrected chi connectivity index (χ2v) is 14.8. The molecule has 6 rings (SSSR count). The van der Waals surface area contributed by atoms with Crippen LogP contribution in [0.15, 0.2) is 86.0 Å². The van der Waals surface area contributed by atoms with Crippen LogP contribution >= 0.6 is 0 Å². The second kappa shape index (κ2) is 17.4. The molecule has 54 heavy (non-hydrogen) atoms. The van der Waals surface area contributed by atoms with Gasteiger partial charge in [-0.2, -0.15) is 0 Å². The lowest BCUT2D eigenvalue weighted by Gasteiger charge is -2.40. The third kappa shape index (κ3) is 7.62. The number of morpholine rings is 1. The third-order valence-corrected chi connectivity index (χ3v) is 11.8. The van der Waals surface area contributed by atoms with Crippen molar-refractivity contribution in [1.29, 1.82) is 0 Å². The Kier molecular flexibility index (Phi) is 12.7. The average Bonchev–Trinajstić information content (AvgIpc) is 3.85. The van der Waals surface area contributed by atoms with Crippen LogP contribution in [0.5, 0.6) is 0 Å². The maximum Gasteiger partial charge on any atom is 0.313 e. The van der Waals surface area contributed by atoms with E-state index in [0.717, 1.165) is 13.1 Å². The second-order valence-electron chi connectivity index (χ2n) is 14.8. The Bertz CT molecular complexity index is 1650. The van der Waals surface area contributed by atoms with Crippen LogP contribution in [0.1, 0.15) is 55.9 Å². The van der Waals surface area contributed by atoms with Crippen molar-refractivity contribution >= 4 is 23.7 Å². The number of amides is 3. The number of aliphatic hydroxyl groups is 1. The Hall–Kier alpha value is -4.36. The summed E-state index contributed by atoms with van der Waals surface area (Å²) < 4.78 is 18.7. The first-order valence-corrected chi connectivity index (χ1v) is 19.1. The van der Waals surface area contributed by atoms with Crippen LogP contribution in [-0.4, -0.2) is 132 Å². The number of aliphatic hydroxyl groups excluding tert-OH is 1. The van der Waals surface area contributed by atoms with Crippen molar-refractivity contribution in [3.05, 3.63) is 97.1 Å². The molecule has 12 nitrogen and oxygen atoms in total. The SMILES string of the molecule is C=CCCC(=O)N(C)[C@@H](C)[C@@H](OC(=O)[C@@H]1[C@@H]2CC[C@]3(O2)[C@H](C(=O)N(CC=C)CCN2CCOCC2)N([C@H](CO)c2ccccc2)C(=O)[C@@H]13)c1ccccc1. The van der Waals surface area contributed by atoms with Gasteiger partial charge in [0.25, 0.3) is 0 Å². The minimum Gasteiger partial charge on any atom is -0.455 e. The highest BCUT2D eigenvalue weighted by Gasteiger charge is 2.76. The van der Waals surface area contributed by atoms with Crippen molar-refractivity contribution < 1.29 is 38.5 Å². The molecule has 1 spiro atoms. The number of likely N-dealkylation sites (N-methyl/N-ethyl adjacent to an activating group) is 1. The molecule has 2 bridgehead atoms. The van der Waals surface area contributed by atoms with Crippen molar-refractivity contribution in [3.8, 4) is 0 Å². The van der Waals surface area contributed by atoms with Crippen LogP contribution in [0, 0.1) is 11.8 Å². The number of benzene rings is 2. The van der Waals surface area contributed by atoms with Gasteiger partial charge in [0.15, 0.2) is 0 Å². The molecular weight excluding hydrogens is 688 g/mol. The summed E-state index contributed by atoms with van der Waals surface area (Å²) >= 11 is 0. The first-order chi connectivity index (χ1) is 26.2. The fraction of sp³-hybridized carbons (Fsp3) is 0.524. The number of likely N-dealkylation sites (tertiary alicyclic amines) is 1. The largest absolute Gasteiger partial charge is 0.455 e. The predicted molar refractivity (Wildman–Crippen MR) is 202 cm³/mol. The number of hydrogen-bond donors (Lipinski definition) is 1. The summed E-state index contributed by atoms with van der Waals surface area (Å²) in [6.45, 7) is 13.1. The van der Waals surface area contributed by atoms with Crippen LogP contribution in [0.3, 0.4) is 0 Å². The van der Waals surface area contributed by atoms with Gasteiger partial charge in [-0.1, -0.05) is 72.8 Å². The number of carbonyl (C=O) groups is 4. The minimum atomic E-state index is -1.31. The van der Waals surface area contributed by atoms with E-state index in [2.05, 4.69) is 18.1 Å². The van der Waals surface area contributed by atoms with Crippen LogP contribution in [0.2, 0.25) is 0 Å². The number of fused-ring (bicyclic) bond motifs is 1. The van der Waals surface area contributed by atoms with Crippen LogP contribution in [-0.2, 0) is 33.4 Å². The molecule has 0 saturated carbocycles. The van der Waals surface area contributed by atoms with E-state index >= 15 is 9.59 Å². The zero-order valence-electron chi connectivity index (χ0n) is 31.5. The van der Waals surface area contributed by atoms with E-state index in [0.29, 0.717) is 56.7 Å². The fourth-order valence-corrected chi connectivity index (χ4v) is 8.83. The molecule has 0 aliphatic carbocycles. The van der Waals surface area contributed by atoms with E-state index < -0.39 is 66.3 Å². The standard InChI is InChI=1S/C42H54N4O8/c1-5-7-18-34(48)43(4)29(3)37(31-16-12-9-13-17-31)53-41(51)35-33-19-20-42(54-33)36(35)39(49)46(32(28-47)30-14-10-8-11-15-30)38(42)40(50)45(21-6-2)23-22-44-24-26-52-27-25-44/h5-6,8-17,29,32-33,35-38,47H,1-2,7,18-28H2,3-4H3/t29-,32+,33-,35+,36+,37+,38-,42+/m0/s1. The number of esters is 1. The van der Waals surface area contributed by atoms with Gasteiger partial charge in [0.05, 0.1) is 49.8 Å². The number of rotatable bonds is 17. The van der Waals surface area contributed by atoms with Gasteiger partial charge in [0.2, 0.25) is 17.7 Å². The van der Waals surface area contributed by atoms with E-state index in [-0.39, 0.29) is 24.8 Å². The van der Waals surface area contributed by atoms with Crippen molar-refractivity contribution in [2.24, 2.45) is 11.8 Å². The number of nitrogens with zero attached hydrogens (tertiary/aromatic N) is 4. The summed E-state index contributed by atoms with van der Waals surface area (Å²) in [5, 5.41) is 10.9. The summed E-state index contributed by atoms with van der Waals surface area (Å²) in [4.78, 5) is 64.7. The van der Waals surface area contributed by atoms with E-state index in [1.54, 1.807) is 29.0 Å². The lowest BCUT2D eigenvalue weighted by atomic mass is 9.70. The number of ether oxygens (including phenoxy) is 3. The number of allylic oxidation sites excluding steroid dienone is 1. The first-order valence-electron chi connectivity index (χ1n) is 19.1. The Morgan fingerprint density at radius 3 is 2.33 bits per heavy atom. The Morgan fingerprint density at radius 1 is 1.04 bits per heavy atom. The Morgan fingerprint density at radius 2 is 1.70 bits per heavy atom. The van der Waals surface area contributed by atoms with Gasteiger partial charge < -0.3 is 34.0 Å². The summed E-state index contributed by atoms with van der Waals surface area (Å²) in [6.07, 6.45) is 3.51. The number of hydrogen-bond acceptors (Lipinski definition) is 9. The highest BCUT2D eigenvalue weighted by molar-refractivity contribution is 5.98. The van der Waals surface area contributed by atoms with Gasteiger partial charge in [-0.3, -0.25) is 24.1 Å². The molecule has 4 fully saturated rings. The maximum atomic E-state index is 15.0. The van der Waals surface area contributed by atoms with E-state index in [1.165, 1.54) is 4.90 Å². The molecule has 4 heterocycles. The Balaban J connectivity index is 1.34. The highest BCUT2D eigenvalue weighted by atomic mass is 16.6. The molecule has 1 N–H and O–H groups in total. The number of carbonyl (C=O) groups excluding carboxylic acids is 4. The predicted octanol–water partition coefficient (Wildman–Crippen LogP) is 3.54. The fourth-order valence-electron chi connectivity index (χ4n) is 8.83. The summed E-state index contributed by atoms with van der Waals surface area (Å²) in [5.74, 6) is -3.47. The first kappa shape index (κ1) is 39.3. The monoisotopic (exact) mass is 742 g/mol. The van der Waals surface area contributed by atoms with Crippen molar-refractivity contribution in [1.82, 2.24) is 19.6 Å². The molecule has 12 heteroatoms. The van der Waals surface area contributed by atoms with Gasteiger partial charge in [-0.05, 0) is 37.3 Å². The van der Waals surface area contributed by atoms with Gasteiger partial charge >= 0.3 is 5.97 Å². The maximum absolute atomic E-state index is 15.0. The molecule has 2 aromatic carbocycles. The zero-order valence-corrected chi connectivity index (χ0v) is 31.5. The topological polar surface area (TPSA) is 129 Å². The van der Waals surface area contributed by atoms with E-state index in [1.807, 2.05) is 67.6 Å². The van der Waals surface area contributed by atoms with E-state index in [9.17, 15) is 14.7 Å². The van der Waals surface area contributed by atoms with Crippen molar-refractivity contribution in [3.63, 3.8) is 0 Å². The molecule has 0 aromatic heterocycles. The van der Waals surface area contributed by atoms with Gasteiger partial charge in [0.1, 0.15) is 17.7 Å². The quantitative estimate of drug-likeness (QED) is 0.191. The summed E-state index contributed by atoms with van der Waals surface area (Å²) in [7, 11) is 1.69. The molecule has 3 amide bonds. The Labute approximate surface area is 318 Å². The zero-order chi connectivity index (χ0) is 38.4. The normalized spacial score (nSPS) is 26.4. The van der Waals surface area contributed by atoms with Crippen molar-refractivity contribution in [2.45, 2.75) is 68.5 Å². The minimum absolute atomic E-state index is 0.113. The summed E-state index contributed by atoms with van der Waals surface area (Å²) in [6, 6.07) is 15.9. The summed E-state index contributed by atoms with van der Waals surface area (Å²) in [5.41, 5.74) is 0.0635. The molecule has 0 unspecified atom stereocenters. The lowest BCUT2D eigenvalue weighted by molar-refractivity contribution is -0.165. The molecule has 8 atom stereocenters. The molecule has 4 saturated heterocycles. The van der Waals surface area contributed by atoms with Crippen LogP contribution < -0.4 is 0 Å². The van der Waals surface area contributed by atoms with Gasteiger partial charge in [-0.15, -0.1) is 13.2 Å². The van der Waals surface area contributed by atoms with Gasteiger partial charge in [-0.25, -0.2) is 0 Å². The average molecular weight is 743 g/mol. The lowest BCUT2D eigenvalue weighted by Crippen LogP contribution is -2.58. The molecule has 2 aromatic rings. The van der Waals surface area contributed by atoms with E-state index in [4.69, 9.17) is 14.2 Å². The third-order valence-electron chi connectivity index (χ3n) is 11.8. The molecule has 4 aliphatic rings. The van der Waals surface area contributed by atoms with Gasteiger partial charge in [0, 0.05) is 46.2 Å². The van der Waals surface area contributed by atoms with Crippen LogP contribution in [0.25, 0.3) is 0 Å². The molecule has 0 radical (unpaired) electrons. The molecule has 290 valence electrons.